The van der Waals surface area contributed by atoms with E-state index in [1.165, 1.54) is 13.8 Å². The van der Waals surface area contributed by atoms with Crippen LogP contribution in [0.4, 0.5) is 17.6 Å². The first-order valence-electron chi connectivity index (χ1n) is 3.77. The summed E-state index contributed by atoms with van der Waals surface area (Å²) in [7, 11) is 0. The fourth-order valence-corrected chi connectivity index (χ4v) is 1.69. The van der Waals surface area contributed by atoms with Crippen molar-refractivity contribution in [2.45, 2.75) is 20.0 Å². The van der Waals surface area contributed by atoms with Crippen molar-refractivity contribution in [3.8, 4) is 0 Å². The Kier molecular flexibility index (Phi) is 2.90. The summed E-state index contributed by atoms with van der Waals surface area (Å²) in [5, 5.41) is 0. The third-order valence-electron chi connectivity index (χ3n) is 2.02. The van der Waals surface area contributed by atoms with Gasteiger partial charge in [-0.3, -0.25) is 0 Å². The summed E-state index contributed by atoms with van der Waals surface area (Å²) in [5.41, 5.74) is -0.457. The molecule has 0 radical (unpaired) electrons. The minimum absolute atomic E-state index is 0.227. The van der Waals surface area contributed by atoms with E-state index in [2.05, 4.69) is 15.9 Å². The molecule has 1 rings (SSSR count). The Morgan fingerprint density at radius 2 is 1.71 bits per heavy atom. The van der Waals surface area contributed by atoms with E-state index in [1.54, 1.807) is 0 Å². The van der Waals surface area contributed by atoms with Crippen LogP contribution < -0.4 is 0 Å². The van der Waals surface area contributed by atoms with E-state index >= 15 is 0 Å². The molecule has 0 aliphatic heterocycles. The van der Waals surface area contributed by atoms with Crippen LogP contribution in [0.5, 0.6) is 0 Å². The van der Waals surface area contributed by atoms with E-state index in [0.717, 1.165) is 6.07 Å². The Morgan fingerprint density at radius 1 is 1.21 bits per heavy atom. The van der Waals surface area contributed by atoms with Gasteiger partial charge in [-0.15, -0.1) is 0 Å². The smallest absolute Gasteiger partial charge is 0.205 e. The average molecular weight is 271 g/mol. The van der Waals surface area contributed by atoms with Crippen molar-refractivity contribution in [3.05, 3.63) is 33.0 Å². The summed E-state index contributed by atoms with van der Waals surface area (Å²) in [6.07, 6.45) is -4.53. The second kappa shape index (κ2) is 3.53. The van der Waals surface area contributed by atoms with Gasteiger partial charge < -0.3 is 0 Å². The van der Waals surface area contributed by atoms with Crippen molar-refractivity contribution < 1.29 is 17.6 Å². The van der Waals surface area contributed by atoms with Gasteiger partial charge in [0.25, 0.3) is 0 Å². The van der Waals surface area contributed by atoms with Crippen molar-refractivity contribution in [1.82, 2.24) is 0 Å². The topological polar surface area (TPSA) is 0 Å². The van der Waals surface area contributed by atoms with Gasteiger partial charge in [-0.05, 0) is 47.0 Å². The van der Waals surface area contributed by atoms with Crippen LogP contribution >= 0.6 is 15.9 Å². The molecule has 0 spiro atoms. The van der Waals surface area contributed by atoms with Gasteiger partial charge in [0.2, 0.25) is 0 Å². The lowest BCUT2D eigenvalue weighted by molar-refractivity contribution is -0.138. The molecule has 1 aromatic carbocycles. The van der Waals surface area contributed by atoms with Crippen molar-refractivity contribution in [2.24, 2.45) is 0 Å². The molecule has 14 heavy (non-hydrogen) atoms. The van der Waals surface area contributed by atoms with Gasteiger partial charge in [-0.25, -0.2) is 4.39 Å². The van der Waals surface area contributed by atoms with Crippen LogP contribution in [-0.2, 0) is 6.18 Å². The molecular formula is C9H7BrF4. The fourth-order valence-electron chi connectivity index (χ4n) is 1.05. The Balaban J connectivity index is 3.49. The molecule has 5 heteroatoms. The standard InChI is InChI=1S/C9H7BrF4/c1-4-3-6(9(12,13)14)7(10)8(11)5(4)2/h3H,1-2H3. The van der Waals surface area contributed by atoms with E-state index in [1.807, 2.05) is 0 Å². The summed E-state index contributed by atoms with van der Waals surface area (Å²) in [6.45, 7) is 2.88. The minimum Gasteiger partial charge on any atom is -0.205 e. The lowest BCUT2D eigenvalue weighted by Crippen LogP contribution is -2.08. The predicted octanol–water partition coefficient (Wildman–Crippen LogP) is 4.22. The quantitative estimate of drug-likeness (QED) is 0.619. The molecule has 0 aliphatic rings. The molecule has 0 fully saturated rings. The van der Waals surface area contributed by atoms with E-state index in [0.29, 0.717) is 0 Å². The molecule has 0 N–H and O–H groups in total. The molecule has 0 nitrogen and oxygen atoms in total. The number of aryl methyl sites for hydroxylation is 1. The van der Waals surface area contributed by atoms with E-state index < -0.39 is 22.0 Å². The van der Waals surface area contributed by atoms with E-state index in [-0.39, 0.29) is 11.1 Å². The molecule has 0 aliphatic carbocycles. The van der Waals surface area contributed by atoms with Gasteiger partial charge in [0, 0.05) is 0 Å². The summed E-state index contributed by atoms with van der Waals surface area (Å²) in [5.74, 6) is -0.850. The van der Waals surface area contributed by atoms with Crippen molar-refractivity contribution in [3.63, 3.8) is 0 Å². The second-order valence-electron chi connectivity index (χ2n) is 2.99. The third-order valence-corrected chi connectivity index (χ3v) is 2.79. The zero-order valence-corrected chi connectivity index (χ0v) is 9.05. The number of alkyl halides is 3. The number of hydrogen-bond donors (Lipinski definition) is 0. The van der Waals surface area contributed by atoms with Gasteiger partial charge in [0.05, 0.1) is 10.0 Å². The zero-order valence-electron chi connectivity index (χ0n) is 7.47. The monoisotopic (exact) mass is 270 g/mol. The lowest BCUT2D eigenvalue weighted by atomic mass is 10.1. The van der Waals surface area contributed by atoms with Crippen LogP contribution in [0.3, 0.4) is 0 Å². The van der Waals surface area contributed by atoms with E-state index in [9.17, 15) is 17.6 Å². The van der Waals surface area contributed by atoms with Gasteiger partial charge in [0.1, 0.15) is 5.82 Å². The summed E-state index contributed by atoms with van der Waals surface area (Å²) >= 11 is 2.61. The van der Waals surface area contributed by atoms with E-state index in [4.69, 9.17) is 0 Å². The Bertz CT molecular complexity index is 368. The summed E-state index contributed by atoms with van der Waals surface area (Å²) in [6, 6.07) is 0.933. The van der Waals surface area contributed by atoms with Gasteiger partial charge in [-0.2, -0.15) is 13.2 Å². The summed E-state index contributed by atoms with van der Waals surface area (Å²) in [4.78, 5) is 0. The molecule has 0 bridgehead atoms. The highest BCUT2D eigenvalue weighted by Crippen LogP contribution is 2.37. The Labute approximate surface area is 87.1 Å². The normalized spacial score (nSPS) is 11.9. The molecule has 0 atom stereocenters. The molecule has 0 unspecified atom stereocenters. The first-order valence-corrected chi connectivity index (χ1v) is 4.57. The lowest BCUT2D eigenvalue weighted by Gasteiger charge is -2.12. The van der Waals surface area contributed by atoms with Crippen molar-refractivity contribution >= 4 is 15.9 Å². The molecule has 0 saturated carbocycles. The molecule has 0 amide bonds. The van der Waals surface area contributed by atoms with Crippen LogP contribution in [0, 0.1) is 19.7 Å². The maximum absolute atomic E-state index is 13.2. The molecule has 78 valence electrons. The first kappa shape index (κ1) is 11.5. The molecule has 1 aromatic rings. The van der Waals surface area contributed by atoms with Gasteiger partial charge in [-0.1, -0.05) is 0 Å². The highest BCUT2D eigenvalue weighted by Gasteiger charge is 2.34. The maximum Gasteiger partial charge on any atom is 0.417 e. The molecular weight excluding hydrogens is 264 g/mol. The van der Waals surface area contributed by atoms with Crippen LogP contribution in [0.15, 0.2) is 10.5 Å². The predicted molar refractivity (Wildman–Crippen MR) is 48.6 cm³/mol. The molecule has 0 heterocycles. The van der Waals surface area contributed by atoms with Gasteiger partial charge >= 0.3 is 6.18 Å². The average Bonchev–Trinajstić information content (AvgIpc) is 2.06. The molecule has 0 saturated heterocycles. The number of rotatable bonds is 0. The van der Waals surface area contributed by atoms with Crippen molar-refractivity contribution in [2.75, 3.05) is 0 Å². The minimum atomic E-state index is -4.53. The number of halogens is 5. The number of hydrogen-bond acceptors (Lipinski definition) is 0. The number of benzene rings is 1. The van der Waals surface area contributed by atoms with Crippen LogP contribution in [0.1, 0.15) is 16.7 Å². The van der Waals surface area contributed by atoms with Crippen LogP contribution in [0.25, 0.3) is 0 Å². The Hall–Kier alpha value is -0.580. The summed E-state index contributed by atoms with van der Waals surface area (Å²) < 4.78 is 49.7. The molecule has 0 aromatic heterocycles. The fraction of sp³-hybridized carbons (Fsp3) is 0.333. The SMILES string of the molecule is Cc1cc(C(F)(F)F)c(Br)c(F)c1C. The maximum atomic E-state index is 13.2. The Morgan fingerprint density at radius 3 is 2.14 bits per heavy atom. The highest BCUT2D eigenvalue weighted by molar-refractivity contribution is 9.10. The third kappa shape index (κ3) is 1.92. The van der Waals surface area contributed by atoms with Crippen molar-refractivity contribution in [1.29, 1.82) is 0 Å². The first-order chi connectivity index (χ1) is 6.25. The van der Waals surface area contributed by atoms with Crippen LogP contribution in [0.2, 0.25) is 0 Å². The largest absolute Gasteiger partial charge is 0.417 e. The highest BCUT2D eigenvalue weighted by atomic mass is 79.9. The zero-order chi connectivity index (χ0) is 11.1. The van der Waals surface area contributed by atoms with Gasteiger partial charge in [0.15, 0.2) is 0 Å². The van der Waals surface area contributed by atoms with Crippen LogP contribution in [-0.4, -0.2) is 0 Å². The second-order valence-corrected chi connectivity index (χ2v) is 3.78.